The Morgan fingerprint density at radius 2 is 1.81 bits per heavy atom. The molecule has 0 fully saturated rings. The Balaban J connectivity index is 2.03. The maximum absolute atomic E-state index is 13.2. The molecule has 1 spiro atoms. The fourth-order valence-electron chi connectivity index (χ4n) is 3.91. The maximum Gasteiger partial charge on any atom is 0.345 e. The van der Waals surface area contributed by atoms with Crippen LogP contribution >= 0.6 is 0 Å². The van der Waals surface area contributed by atoms with Gasteiger partial charge in [0.2, 0.25) is 11.8 Å². The maximum atomic E-state index is 13.2. The summed E-state index contributed by atoms with van der Waals surface area (Å²) in [6.45, 7) is 0. The predicted molar refractivity (Wildman–Crippen MR) is 95.8 cm³/mol. The van der Waals surface area contributed by atoms with Crippen LogP contribution < -0.4 is 21.4 Å². The van der Waals surface area contributed by atoms with Crippen molar-refractivity contribution in [3.05, 3.63) is 81.5 Å². The molecule has 3 aromatic rings. The van der Waals surface area contributed by atoms with Crippen LogP contribution in [-0.2, 0) is 10.2 Å². The molecule has 0 saturated heterocycles. The molecule has 0 radical (unpaired) electrons. The van der Waals surface area contributed by atoms with Gasteiger partial charge in [0.15, 0.2) is 11.2 Å². The lowest BCUT2D eigenvalue weighted by Crippen LogP contribution is -2.45. The number of hydrogen-bond donors (Lipinski definition) is 2. The van der Waals surface area contributed by atoms with E-state index in [1.807, 2.05) is 6.07 Å². The summed E-state index contributed by atoms with van der Waals surface area (Å²) in [4.78, 5) is 26.1. The van der Waals surface area contributed by atoms with Gasteiger partial charge in [-0.1, -0.05) is 30.3 Å². The molecule has 3 N–H and O–H groups in total. The summed E-state index contributed by atoms with van der Waals surface area (Å²) in [5.41, 5.74) is 4.65. The Morgan fingerprint density at radius 1 is 1.07 bits per heavy atom. The first-order valence-electron chi connectivity index (χ1n) is 8.14. The van der Waals surface area contributed by atoms with E-state index in [0.717, 1.165) is 0 Å². The van der Waals surface area contributed by atoms with Crippen molar-refractivity contribution in [2.24, 2.45) is 5.73 Å². The number of carbonyl (C=O) groups is 1. The number of benzene rings is 2. The third-order valence-corrected chi connectivity index (χ3v) is 5.01. The molecule has 7 nitrogen and oxygen atoms in total. The fraction of sp³-hybridized carbons (Fsp3) is 0.0500. The second-order valence-electron chi connectivity index (χ2n) is 6.29. The number of nitrogens with two attached hydrogens (primary N) is 1. The average Bonchev–Trinajstić information content (AvgIpc) is 2.94. The van der Waals surface area contributed by atoms with Crippen molar-refractivity contribution in [1.82, 2.24) is 0 Å². The number of ether oxygens (including phenoxy) is 1. The van der Waals surface area contributed by atoms with Crippen LogP contribution in [0.3, 0.4) is 0 Å². The SMILES string of the molecule is N#CC1=C(N)Oc2c(c(=O)oc3ccccc23)[C@@]12C(=O)Nc1ccccc12. The van der Waals surface area contributed by atoms with E-state index in [1.165, 1.54) is 0 Å². The van der Waals surface area contributed by atoms with E-state index < -0.39 is 16.9 Å². The number of anilines is 1. The van der Waals surface area contributed by atoms with Gasteiger partial charge in [0.05, 0.1) is 5.39 Å². The molecule has 0 bridgehead atoms. The lowest BCUT2D eigenvalue weighted by molar-refractivity contribution is -0.118. The van der Waals surface area contributed by atoms with Gasteiger partial charge in [0.25, 0.3) is 0 Å². The molecule has 1 amide bonds. The number of para-hydroxylation sites is 2. The van der Waals surface area contributed by atoms with E-state index in [1.54, 1.807) is 48.5 Å². The summed E-state index contributed by atoms with van der Waals surface area (Å²) in [7, 11) is 0. The van der Waals surface area contributed by atoms with Gasteiger partial charge in [0, 0.05) is 11.3 Å². The number of amides is 1. The highest BCUT2D eigenvalue weighted by atomic mass is 16.5. The molecule has 5 rings (SSSR count). The van der Waals surface area contributed by atoms with Crippen LogP contribution in [0.5, 0.6) is 5.75 Å². The van der Waals surface area contributed by atoms with Crippen LogP contribution in [0.25, 0.3) is 11.0 Å². The smallest absolute Gasteiger partial charge is 0.345 e. The highest BCUT2D eigenvalue weighted by Crippen LogP contribution is 2.53. The lowest BCUT2D eigenvalue weighted by atomic mass is 9.69. The minimum absolute atomic E-state index is 0.0469. The molecule has 1 atom stereocenters. The van der Waals surface area contributed by atoms with Gasteiger partial charge >= 0.3 is 5.63 Å². The predicted octanol–water partition coefficient (Wildman–Crippen LogP) is 2.12. The number of carbonyl (C=O) groups excluding carboxylic acids is 1. The number of fused-ring (bicyclic) bond motifs is 6. The van der Waals surface area contributed by atoms with Crippen molar-refractivity contribution < 1.29 is 13.9 Å². The molecular weight excluding hydrogens is 346 g/mol. The Bertz CT molecular complexity index is 1300. The second-order valence-corrected chi connectivity index (χ2v) is 6.29. The Kier molecular flexibility index (Phi) is 2.81. The van der Waals surface area contributed by atoms with Crippen LogP contribution in [0.2, 0.25) is 0 Å². The van der Waals surface area contributed by atoms with Crippen molar-refractivity contribution in [1.29, 1.82) is 5.26 Å². The van der Waals surface area contributed by atoms with Gasteiger partial charge in [-0.2, -0.15) is 5.26 Å². The van der Waals surface area contributed by atoms with Crippen LogP contribution in [0.4, 0.5) is 5.69 Å². The summed E-state index contributed by atoms with van der Waals surface area (Å²) in [5, 5.41) is 13.0. The van der Waals surface area contributed by atoms with Gasteiger partial charge in [-0.3, -0.25) is 4.79 Å². The van der Waals surface area contributed by atoms with Crippen molar-refractivity contribution in [3.63, 3.8) is 0 Å². The van der Waals surface area contributed by atoms with Crippen molar-refractivity contribution in [2.45, 2.75) is 5.41 Å². The largest absolute Gasteiger partial charge is 0.439 e. The minimum Gasteiger partial charge on any atom is -0.439 e. The van der Waals surface area contributed by atoms with Crippen LogP contribution in [0.1, 0.15) is 11.1 Å². The monoisotopic (exact) mass is 357 g/mol. The molecule has 7 heteroatoms. The zero-order valence-electron chi connectivity index (χ0n) is 13.8. The molecule has 1 aromatic heterocycles. The second kappa shape index (κ2) is 4.99. The molecule has 0 unspecified atom stereocenters. The molecule has 130 valence electrons. The van der Waals surface area contributed by atoms with E-state index in [4.69, 9.17) is 14.9 Å². The first-order valence-corrected chi connectivity index (χ1v) is 8.14. The Labute approximate surface area is 152 Å². The topological polar surface area (TPSA) is 118 Å². The van der Waals surface area contributed by atoms with E-state index in [0.29, 0.717) is 22.2 Å². The summed E-state index contributed by atoms with van der Waals surface area (Å²) >= 11 is 0. The number of nitriles is 1. The molecule has 2 aliphatic rings. The standard InChI is InChI=1S/C20H11N3O4/c21-9-12-17(22)27-16-10-5-1-4-8-14(10)26-18(24)15(16)20(12)11-6-2-3-7-13(11)23-19(20)25/h1-8H,22H2,(H,23,25)/t20-/m0/s1. The molecule has 3 heterocycles. The van der Waals surface area contributed by atoms with Gasteiger partial charge in [0.1, 0.15) is 22.8 Å². The first-order chi connectivity index (χ1) is 13.1. The van der Waals surface area contributed by atoms with Gasteiger partial charge in [-0.15, -0.1) is 0 Å². The van der Waals surface area contributed by atoms with E-state index >= 15 is 0 Å². The number of rotatable bonds is 0. The summed E-state index contributed by atoms with van der Waals surface area (Å²) in [6, 6.07) is 15.6. The lowest BCUT2D eigenvalue weighted by Gasteiger charge is -2.32. The van der Waals surface area contributed by atoms with Crippen LogP contribution in [0, 0.1) is 11.3 Å². The van der Waals surface area contributed by atoms with Crippen molar-refractivity contribution >= 4 is 22.6 Å². The zero-order chi connectivity index (χ0) is 18.8. The molecular formula is C20H11N3O4. The Morgan fingerprint density at radius 3 is 2.63 bits per heavy atom. The summed E-state index contributed by atoms with van der Waals surface area (Å²) < 4.78 is 11.1. The third-order valence-electron chi connectivity index (χ3n) is 5.01. The zero-order valence-corrected chi connectivity index (χ0v) is 13.8. The first kappa shape index (κ1) is 15.2. The molecule has 27 heavy (non-hydrogen) atoms. The number of hydrogen-bond acceptors (Lipinski definition) is 6. The normalized spacial score (nSPS) is 20.0. The molecule has 2 aromatic carbocycles. The molecule has 2 aliphatic heterocycles. The average molecular weight is 357 g/mol. The van der Waals surface area contributed by atoms with Gasteiger partial charge < -0.3 is 20.2 Å². The van der Waals surface area contributed by atoms with Gasteiger partial charge in [-0.05, 0) is 18.2 Å². The highest BCUT2D eigenvalue weighted by Gasteiger charge is 2.58. The quantitative estimate of drug-likeness (QED) is 0.595. The minimum atomic E-state index is -1.71. The molecule has 0 aliphatic carbocycles. The molecule has 0 saturated carbocycles. The van der Waals surface area contributed by atoms with E-state index in [9.17, 15) is 14.9 Å². The van der Waals surface area contributed by atoms with Crippen LogP contribution in [-0.4, -0.2) is 5.91 Å². The summed E-state index contributed by atoms with van der Waals surface area (Å²) in [5.74, 6) is -0.631. The van der Waals surface area contributed by atoms with E-state index in [-0.39, 0.29) is 22.8 Å². The Hall–Kier alpha value is -4.05. The fourth-order valence-corrected chi connectivity index (χ4v) is 3.91. The number of nitrogens with zero attached hydrogens (tertiary/aromatic N) is 1. The number of nitrogens with one attached hydrogen (secondary N) is 1. The third kappa shape index (κ3) is 1.69. The highest BCUT2D eigenvalue weighted by molar-refractivity contribution is 6.13. The van der Waals surface area contributed by atoms with E-state index in [2.05, 4.69) is 5.32 Å². The van der Waals surface area contributed by atoms with Crippen molar-refractivity contribution in [2.75, 3.05) is 5.32 Å². The van der Waals surface area contributed by atoms with Crippen LogP contribution in [0.15, 0.2) is 69.2 Å². The van der Waals surface area contributed by atoms with Gasteiger partial charge in [-0.25, -0.2) is 4.79 Å². The van der Waals surface area contributed by atoms with Crippen molar-refractivity contribution in [3.8, 4) is 11.8 Å². The summed E-state index contributed by atoms with van der Waals surface area (Å²) in [6.07, 6.45) is 0.